The lowest BCUT2D eigenvalue weighted by Crippen LogP contribution is -2.11. The highest BCUT2D eigenvalue weighted by atomic mass is 32.1. The van der Waals surface area contributed by atoms with Gasteiger partial charge in [-0.05, 0) is 99.3 Å². The Labute approximate surface area is 327 Å². The fourth-order valence-electron chi connectivity index (χ4n) is 8.23. The Kier molecular flexibility index (Phi) is 7.61. The lowest BCUT2D eigenvalue weighted by atomic mass is 9.97. The minimum atomic E-state index is 1.11. The van der Waals surface area contributed by atoms with Gasteiger partial charge in [-0.15, -0.1) is 22.7 Å². The quantitative estimate of drug-likeness (QED) is 0.164. The van der Waals surface area contributed by atoms with Crippen molar-refractivity contribution < 1.29 is 0 Å². The van der Waals surface area contributed by atoms with Gasteiger partial charge in [-0.3, -0.25) is 0 Å². The van der Waals surface area contributed by atoms with Crippen molar-refractivity contribution in [2.24, 2.45) is 0 Å². The Bertz CT molecular complexity index is 3220. The van der Waals surface area contributed by atoms with Crippen LogP contribution in [0, 0.1) is 0 Å². The first-order valence-corrected chi connectivity index (χ1v) is 20.3. The van der Waals surface area contributed by atoms with Gasteiger partial charge in [0.05, 0.1) is 5.69 Å². The molecule has 55 heavy (non-hydrogen) atoms. The maximum atomic E-state index is 2.43. The Balaban J connectivity index is 1.07. The molecule has 0 amide bonds. The van der Waals surface area contributed by atoms with E-state index in [0.29, 0.717) is 0 Å². The molecular weight excluding hydrogens is 703 g/mol. The zero-order chi connectivity index (χ0) is 36.3. The van der Waals surface area contributed by atoms with Crippen LogP contribution in [0.25, 0.3) is 84.5 Å². The van der Waals surface area contributed by atoms with Gasteiger partial charge in [0.1, 0.15) is 0 Å². The van der Waals surface area contributed by atoms with Crippen molar-refractivity contribution >= 4 is 90.9 Å². The summed E-state index contributed by atoms with van der Waals surface area (Å²) >= 11 is 3.73. The molecule has 0 aliphatic carbocycles. The summed E-state index contributed by atoms with van der Waals surface area (Å²) < 4.78 is 5.28. The number of benzene rings is 9. The molecule has 0 unspecified atom stereocenters. The van der Waals surface area contributed by atoms with Crippen molar-refractivity contribution in [3.8, 4) is 33.4 Å². The standard InChI is InChI=1S/C52H33NS2/c1-2-12-36-31-39(24-23-34(36)11-1)42-15-3-6-19-47(42)53(40-28-25-35(26-29-40)37-27-30-45-44-16-4-7-20-48(44)55-51(45)33-37)41-14-9-13-38(32-41)43-18-10-22-50-52(43)46-17-5-8-21-49(46)54-50/h1-33H. The van der Waals surface area contributed by atoms with Gasteiger partial charge in [0, 0.05) is 57.3 Å². The molecule has 0 saturated carbocycles. The maximum Gasteiger partial charge on any atom is 0.0540 e. The zero-order valence-electron chi connectivity index (χ0n) is 29.8. The van der Waals surface area contributed by atoms with Crippen LogP contribution in [0.4, 0.5) is 17.1 Å². The molecule has 0 N–H and O–H groups in total. The Morgan fingerprint density at radius 3 is 1.82 bits per heavy atom. The molecule has 3 heteroatoms. The summed E-state index contributed by atoms with van der Waals surface area (Å²) in [6, 6.07) is 73.5. The van der Waals surface area contributed by atoms with Crippen LogP contribution in [0.1, 0.15) is 0 Å². The van der Waals surface area contributed by atoms with Gasteiger partial charge in [0.2, 0.25) is 0 Å². The molecule has 1 nitrogen and oxygen atoms in total. The molecule has 9 aromatic carbocycles. The van der Waals surface area contributed by atoms with E-state index in [1.807, 2.05) is 22.7 Å². The van der Waals surface area contributed by atoms with Gasteiger partial charge in [0.25, 0.3) is 0 Å². The van der Waals surface area contributed by atoms with Gasteiger partial charge >= 0.3 is 0 Å². The molecule has 0 spiro atoms. The number of fused-ring (bicyclic) bond motifs is 7. The van der Waals surface area contributed by atoms with Crippen LogP contribution in [0.3, 0.4) is 0 Å². The SMILES string of the molecule is c1cc(-c2cccc3sc4ccccc4c23)cc(N(c2ccc(-c3ccc4c(c3)sc3ccccc34)cc2)c2ccccc2-c2ccc3ccccc3c2)c1. The molecular formula is C52H33NS2. The summed E-state index contributed by atoms with van der Waals surface area (Å²) in [5.74, 6) is 0. The number of para-hydroxylation sites is 1. The van der Waals surface area contributed by atoms with Crippen LogP contribution in [0.15, 0.2) is 200 Å². The summed E-state index contributed by atoms with van der Waals surface area (Å²) in [5.41, 5.74) is 10.6. The van der Waals surface area contributed by atoms with Crippen molar-refractivity contribution in [1.29, 1.82) is 0 Å². The smallest absolute Gasteiger partial charge is 0.0540 e. The predicted molar refractivity (Wildman–Crippen MR) is 241 cm³/mol. The van der Waals surface area contributed by atoms with Crippen LogP contribution in [-0.2, 0) is 0 Å². The van der Waals surface area contributed by atoms with E-state index in [2.05, 4.69) is 205 Å². The average Bonchev–Trinajstić information content (AvgIpc) is 3.82. The molecule has 0 saturated heterocycles. The van der Waals surface area contributed by atoms with Crippen molar-refractivity contribution in [2.45, 2.75) is 0 Å². The zero-order valence-corrected chi connectivity index (χ0v) is 31.4. The van der Waals surface area contributed by atoms with Gasteiger partial charge in [-0.25, -0.2) is 0 Å². The molecule has 0 radical (unpaired) electrons. The topological polar surface area (TPSA) is 3.24 Å². The third kappa shape index (κ3) is 5.51. The Morgan fingerprint density at radius 2 is 0.927 bits per heavy atom. The molecule has 2 heterocycles. The fourth-order valence-corrected chi connectivity index (χ4v) is 10.5. The monoisotopic (exact) mass is 735 g/mol. The normalized spacial score (nSPS) is 11.6. The van der Waals surface area contributed by atoms with E-state index in [1.165, 1.54) is 84.5 Å². The minimum Gasteiger partial charge on any atom is -0.310 e. The first-order chi connectivity index (χ1) is 27.2. The van der Waals surface area contributed by atoms with E-state index in [1.54, 1.807) is 0 Å². The summed E-state index contributed by atoms with van der Waals surface area (Å²) in [6.45, 7) is 0. The average molecular weight is 736 g/mol. The highest BCUT2D eigenvalue weighted by Crippen LogP contribution is 2.45. The highest BCUT2D eigenvalue weighted by molar-refractivity contribution is 7.26. The van der Waals surface area contributed by atoms with Crippen LogP contribution in [-0.4, -0.2) is 0 Å². The second-order valence-corrected chi connectivity index (χ2v) is 16.3. The first kappa shape index (κ1) is 32.0. The van der Waals surface area contributed by atoms with Crippen molar-refractivity contribution in [1.82, 2.24) is 0 Å². The highest BCUT2D eigenvalue weighted by Gasteiger charge is 2.19. The molecule has 11 aromatic rings. The number of hydrogen-bond donors (Lipinski definition) is 0. The number of rotatable bonds is 6. The van der Waals surface area contributed by atoms with Crippen molar-refractivity contribution in [3.05, 3.63) is 200 Å². The van der Waals surface area contributed by atoms with E-state index in [-0.39, 0.29) is 0 Å². The minimum absolute atomic E-state index is 1.11. The summed E-state index contributed by atoms with van der Waals surface area (Å²) in [5, 5.41) is 7.77. The molecule has 0 aliphatic rings. The van der Waals surface area contributed by atoms with E-state index < -0.39 is 0 Å². The molecule has 0 fully saturated rings. The van der Waals surface area contributed by atoms with E-state index >= 15 is 0 Å². The number of nitrogens with zero attached hydrogens (tertiary/aromatic N) is 1. The number of thiophene rings is 2. The largest absolute Gasteiger partial charge is 0.310 e. The summed E-state index contributed by atoms with van der Waals surface area (Å²) in [4.78, 5) is 2.43. The molecule has 0 atom stereocenters. The summed E-state index contributed by atoms with van der Waals surface area (Å²) in [7, 11) is 0. The lowest BCUT2D eigenvalue weighted by molar-refractivity contribution is 1.28. The van der Waals surface area contributed by atoms with E-state index in [0.717, 1.165) is 17.1 Å². The van der Waals surface area contributed by atoms with Crippen LogP contribution in [0.5, 0.6) is 0 Å². The molecule has 2 aromatic heterocycles. The van der Waals surface area contributed by atoms with Crippen LogP contribution in [0.2, 0.25) is 0 Å². The second kappa shape index (κ2) is 13.1. The van der Waals surface area contributed by atoms with Crippen molar-refractivity contribution in [2.75, 3.05) is 4.90 Å². The lowest BCUT2D eigenvalue weighted by Gasteiger charge is -2.28. The van der Waals surface area contributed by atoms with Crippen LogP contribution >= 0.6 is 22.7 Å². The van der Waals surface area contributed by atoms with E-state index in [4.69, 9.17) is 0 Å². The third-order valence-electron chi connectivity index (χ3n) is 10.9. The third-order valence-corrected chi connectivity index (χ3v) is 13.1. The molecule has 258 valence electrons. The molecule has 11 rings (SSSR count). The van der Waals surface area contributed by atoms with Crippen LogP contribution < -0.4 is 4.90 Å². The van der Waals surface area contributed by atoms with Crippen molar-refractivity contribution in [3.63, 3.8) is 0 Å². The summed E-state index contributed by atoms with van der Waals surface area (Å²) in [6.07, 6.45) is 0. The van der Waals surface area contributed by atoms with Gasteiger partial charge in [-0.2, -0.15) is 0 Å². The fraction of sp³-hybridized carbons (Fsp3) is 0. The predicted octanol–water partition coefficient (Wildman–Crippen LogP) is 16.0. The molecule has 0 bridgehead atoms. The van der Waals surface area contributed by atoms with Gasteiger partial charge in [0.15, 0.2) is 0 Å². The molecule has 0 aliphatic heterocycles. The van der Waals surface area contributed by atoms with Gasteiger partial charge < -0.3 is 4.90 Å². The Hall–Kier alpha value is -6.52. The van der Waals surface area contributed by atoms with Gasteiger partial charge in [-0.1, -0.05) is 140 Å². The number of hydrogen-bond acceptors (Lipinski definition) is 3. The number of anilines is 3. The van der Waals surface area contributed by atoms with E-state index in [9.17, 15) is 0 Å². The Morgan fingerprint density at radius 1 is 0.309 bits per heavy atom. The maximum absolute atomic E-state index is 2.43. The second-order valence-electron chi connectivity index (χ2n) is 14.1. The first-order valence-electron chi connectivity index (χ1n) is 18.7.